The number of nitrogens with one attached hydrogen (secondary N) is 1. The summed E-state index contributed by atoms with van der Waals surface area (Å²) in [5.41, 5.74) is 4.15. The molecule has 6 rings (SSSR count). The van der Waals surface area contributed by atoms with E-state index >= 15 is 0 Å². The molecule has 0 unspecified atom stereocenters. The largest absolute Gasteiger partial charge is 0.483 e. The van der Waals surface area contributed by atoms with Gasteiger partial charge in [-0.2, -0.15) is 0 Å². The molecular weight excluding hydrogens is 491 g/mol. The van der Waals surface area contributed by atoms with Gasteiger partial charge in [0.25, 0.3) is 11.8 Å². The number of benzene rings is 3. The molecule has 3 aromatic carbocycles. The molecule has 4 aromatic rings. The fraction of sp³-hybridized carbons (Fsp3) is 0.214. The number of rotatable bonds is 5. The molecule has 1 atom stereocenters. The van der Waals surface area contributed by atoms with E-state index in [0.29, 0.717) is 22.7 Å². The van der Waals surface area contributed by atoms with Crippen LogP contribution in [0.4, 0.5) is 15.8 Å². The Labute approximate surface area is 216 Å². The number of aromatic nitrogens is 1. The second-order valence-corrected chi connectivity index (χ2v) is 10.2. The number of carbonyl (C=O) groups excluding carboxylic acids is 2. The van der Waals surface area contributed by atoms with Crippen LogP contribution in [-0.2, 0) is 4.79 Å². The number of aliphatic imine (C=N–C) groups is 1. The molecule has 1 saturated heterocycles. The highest BCUT2D eigenvalue weighted by Gasteiger charge is 2.32. The van der Waals surface area contributed by atoms with Crippen molar-refractivity contribution in [1.29, 1.82) is 0 Å². The van der Waals surface area contributed by atoms with Gasteiger partial charge in [-0.05, 0) is 73.9 Å². The summed E-state index contributed by atoms with van der Waals surface area (Å²) in [5.74, 6) is -0.0873. The van der Waals surface area contributed by atoms with Gasteiger partial charge >= 0.3 is 0 Å². The molecule has 2 amide bonds. The van der Waals surface area contributed by atoms with E-state index in [4.69, 9.17) is 4.74 Å². The highest BCUT2D eigenvalue weighted by atomic mass is 32.1. The monoisotopic (exact) mass is 514 g/mol. The molecule has 0 bridgehead atoms. The Hall–Kier alpha value is -4.11. The third-order valence-electron chi connectivity index (χ3n) is 6.59. The molecule has 2 aliphatic heterocycles. The number of fused-ring (bicyclic) bond motifs is 3. The standard InChI is InChI=1S/C28H23FN4O3S/c1-16-11-21-23(30-14-20-3-2-10-33(20)28(21)35)13-24(16)36-15-26(34)31-19-7-4-17(5-8-19)27-32-22-9-6-18(29)12-25(22)37-27/h4-9,11-14,20H,2-3,10,15H2,1H3,(H,31,34)/t20-/m0/s1. The molecular formula is C28H23FN4O3S. The minimum Gasteiger partial charge on any atom is -0.483 e. The number of aryl methyl sites for hydroxylation is 1. The first-order valence-corrected chi connectivity index (χ1v) is 12.9. The molecule has 0 radical (unpaired) electrons. The number of ether oxygens (including phenoxy) is 1. The molecule has 0 spiro atoms. The fourth-order valence-corrected chi connectivity index (χ4v) is 5.69. The van der Waals surface area contributed by atoms with Crippen LogP contribution in [0.3, 0.4) is 0 Å². The van der Waals surface area contributed by atoms with Crippen LogP contribution in [0.2, 0.25) is 0 Å². The lowest BCUT2D eigenvalue weighted by Crippen LogP contribution is -2.35. The summed E-state index contributed by atoms with van der Waals surface area (Å²) in [5, 5.41) is 3.61. The lowest BCUT2D eigenvalue weighted by atomic mass is 10.1. The first-order chi connectivity index (χ1) is 17.9. The Morgan fingerprint density at radius 2 is 2.03 bits per heavy atom. The Bertz CT molecular complexity index is 1560. The predicted octanol–water partition coefficient (Wildman–Crippen LogP) is 5.75. The van der Waals surface area contributed by atoms with Crippen LogP contribution in [0.5, 0.6) is 5.75 Å². The molecule has 186 valence electrons. The molecule has 3 heterocycles. The number of hydrogen-bond acceptors (Lipinski definition) is 6. The van der Waals surface area contributed by atoms with Crippen molar-refractivity contribution in [3.63, 3.8) is 0 Å². The normalized spacial score (nSPS) is 16.4. The van der Waals surface area contributed by atoms with E-state index in [1.165, 1.54) is 23.5 Å². The van der Waals surface area contributed by atoms with Crippen LogP contribution < -0.4 is 10.1 Å². The van der Waals surface area contributed by atoms with Gasteiger partial charge in [0.1, 0.15) is 16.6 Å². The highest BCUT2D eigenvalue weighted by Crippen LogP contribution is 2.34. The number of hydrogen-bond donors (Lipinski definition) is 1. The van der Waals surface area contributed by atoms with Crippen LogP contribution in [0.1, 0.15) is 28.8 Å². The van der Waals surface area contributed by atoms with Crippen molar-refractivity contribution in [3.8, 4) is 16.3 Å². The van der Waals surface area contributed by atoms with Gasteiger partial charge in [-0.25, -0.2) is 9.37 Å². The Morgan fingerprint density at radius 1 is 1.19 bits per heavy atom. The van der Waals surface area contributed by atoms with Crippen molar-refractivity contribution in [2.24, 2.45) is 4.99 Å². The first-order valence-electron chi connectivity index (χ1n) is 12.0. The maximum absolute atomic E-state index is 13.5. The van der Waals surface area contributed by atoms with E-state index < -0.39 is 0 Å². The zero-order valence-electron chi connectivity index (χ0n) is 20.0. The third-order valence-corrected chi connectivity index (χ3v) is 7.66. The summed E-state index contributed by atoms with van der Waals surface area (Å²) in [6.45, 7) is 2.41. The number of halogens is 1. The maximum atomic E-state index is 13.5. The summed E-state index contributed by atoms with van der Waals surface area (Å²) in [4.78, 5) is 36.5. The van der Waals surface area contributed by atoms with Gasteiger partial charge in [0.05, 0.1) is 27.5 Å². The van der Waals surface area contributed by atoms with Gasteiger partial charge in [0.2, 0.25) is 0 Å². The fourth-order valence-electron chi connectivity index (χ4n) is 4.69. The highest BCUT2D eigenvalue weighted by molar-refractivity contribution is 7.21. The van der Waals surface area contributed by atoms with E-state index in [2.05, 4.69) is 15.3 Å². The van der Waals surface area contributed by atoms with Crippen molar-refractivity contribution < 1.29 is 18.7 Å². The second kappa shape index (κ2) is 9.40. The lowest BCUT2D eigenvalue weighted by molar-refractivity contribution is -0.118. The SMILES string of the molecule is Cc1cc2c(cc1OCC(=O)Nc1ccc(-c3nc4ccc(F)cc4s3)cc1)N=C[C@@H]1CCCN1C2=O. The number of nitrogens with zero attached hydrogens (tertiary/aromatic N) is 3. The van der Waals surface area contributed by atoms with Crippen molar-refractivity contribution >= 4 is 51.0 Å². The number of carbonyl (C=O) groups is 2. The predicted molar refractivity (Wildman–Crippen MR) is 143 cm³/mol. The third kappa shape index (κ3) is 4.58. The van der Waals surface area contributed by atoms with Crippen molar-refractivity contribution in [2.45, 2.75) is 25.8 Å². The first kappa shape index (κ1) is 23.3. The molecule has 0 saturated carbocycles. The summed E-state index contributed by atoms with van der Waals surface area (Å²) in [6, 6.07) is 15.4. The molecule has 0 aliphatic carbocycles. The molecule has 1 N–H and O–H groups in total. The number of thiazole rings is 1. The minimum absolute atomic E-state index is 0.0103. The Balaban J connectivity index is 1.11. The van der Waals surface area contributed by atoms with E-state index in [-0.39, 0.29) is 30.3 Å². The van der Waals surface area contributed by atoms with Gasteiger partial charge < -0.3 is 15.0 Å². The second-order valence-electron chi connectivity index (χ2n) is 9.17. The molecule has 37 heavy (non-hydrogen) atoms. The van der Waals surface area contributed by atoms with Gasteiger partial charge in [-0.3, -0.25) is 14.6 Å². The topological polar surface area (TPSA) is 83.9 Å². The van der Waals surface area contributed by atoms with Crippen LogP contribution in [0.25, 0.3) is 20.8 Å². The Morgan fingerprint density at radius 3 is 2.86 bits per heavy atom. The lowest BCUT2D eigenvalue weighted by Gasteiger charge is -2.20. The molecule has 9 heteroatoms. The van der Waals surface area contributed by atoms with E-state index in [9.17, 15) is 14.0 Å². The summed E-state index contributed by atoms with van der Waals surface area (Å²) in [6.07, 6.45) is 3.74. The zero-order valence-corrected chi connectivity index (χ0v) is 20.8. The van der Waals surface area contributed by atoms with Crippen molar-refractivity contribution in [2.75, 3.05) is 18.5 Å². The van der Waals surface area contributed by atoms with Crippen LogP contribution in [-0.4, -0.2) is 47.1 Å². The van der Waals surface area contributed by atoms with Gasteiger partial charge in [-0.1, -0.05) is 0 Å². The van der Waals surface area contributed by atoms with Gasteiger partial charge in [0.15, 0.2) is 6.61 Å². The van der Waals surface area contributed by atoms with Crippen molar-refractivity contribution in [3.05, 3.63) is 71.5 Å². The molecule has 1 aromatic heterocycles. The van der Waals surface area contributed by atoms with Crippen LogP contribution in [0, 0.1) is 12.7 Å². The Kier molecular flexibility index (Phi) is 5.92. The summed E-state index contributed by atoms with van der Waals surface area (Å²) >= 11 is 1.42. The van der Waals surface area contributed by atoms with Crippen LogP contribution in [0.15, 0.2) is 59.6 Å². The number of amides is 2. The quantitative estimate of drug-likeness (QED) is 0.368. The average molecular weight is 515 g/mol. The smallest absolute Gasteiger partial charge is 0.262 e. The minimum atomic E-state index is -0.308. The zero-order chi connectivity index (χ0) is 25.5. The van der Waals surface area contributed by atoms with E-state index in [1.807, 2.05) is 30.2 Å². The van der Waals surface area contributed by atoms with Crippen LogP contribution >= 0.6 is 11.3 Å². The van der Waals surface area contributed by atoms with E-state index in [1.54, 1.807) is 30.3 Å². The molecule has 1 fully saturated rings. The maximum Gasteiger partial charge on any atom is 0.262 e. The average Bonchev–Trinajstić information content (AvgIpc) is 3.51. The summed E-state index contributed by atoms with van der Waals surface area (Å²) in [7, 11) is 0. The molecule has 2 aliphatic rings. The summed E-state index contributed by atoms with van der Waals surface area (Å²) < 4.78 is 20.1. The van der Waals surface area contributed by atoms with E-state index in [0.717, 1.165) is 45.7 Å². The molecule has 7 nitrogen and oxygen atoms in total. The van der Waals surface area contributed by atoms with Crippen molar-refractivity contribution in [1.82, 2.24) is 9.88 Å². The van der Waals surface area contributed by atoms with Gasteiger partial charge in [-0.15, -0.1) is 11.3 Å². The van der Waals surface area contributed by atoms with Gasteiger partial charge in [0, 0.05) is 30.1 Å². The number of anilines is 1.